The number of pyridine rings is 3. The second-order valence-electron chi connectivity index (χ2n) is 24.3. The Morgan fingerprint density at radius 3 is 1.11 bits per heavy atom. The third kappa shape index (κ3) is 27.6. The molecule has 13 rings (SSSR count). The number of carbonyl (C=O) groups excluding carboxylic acids is 6. The number of nitrogens with two attached hydrogens (primary N) is 1. The Balaban J connectivity index is 0.000000172. The lowest BCUT2D eigenvalue weighted by Crippen LogP contribution is -2.45. The van der Waals surface area contributed by atoms with Gasteiger partial charge in [-0.25, -0.2) is 15.0 Å². The number of anilines is 5. The van der Waals surface area contributed by atoms with E-state index >= 15 is 0 Å². The monoisotopic (exact) mass is 1630 g/mol. The van der Waals surface area contributed by atoms with Crippen LogP contribution in [0.2, 0.25) is 0 Å². The van der Waals surface area contributed by atoms with Crippen molar-refractivity contribution in [1.82, 2.24) is 44.6 Å². The van der Waals surface area contributed by atoms with Crippen molar-refractivity contribution in [3.8, 4) is 0 Å². The molecule has 0 saturated carbocycles. The summed E-state index contributed by atoms with van der Waals surface area (Å²) in [6.45, 7) is 10.6. The number of thiazole rings is 3. The largest absolute Gasteiger partial charge is 0.399 e. The van der Waals surface area contributed by atoms with Crippen LogP contribution in [0.4, 0.5) is 38.1 Å². The van der Waals surface area contributed by atoms with Crippen LogP contribution in [0.3, 0.4) is 0 Å². The maximum Gasteiger partial charge on any atom is 0.269 e. The number of carbonyl (C=O) groups is 6. The van der Waals surface area contributed by atoms with Crippen molar-refractivity contribution in [2.24, 2.45) is 0 Å². The Morgan fingerprint density at radius 2 is 0.809 bits per heavy atom. The Hall–Kier alpha value is -10.5. The number of piperidine rings is 3. The lowest BCUT2D eigenvalue weighted by Gasteiger charge is -2.33. The minimum atomic E-state index is -0.620. The van der Waals surface area contributed by atoms with Gasteiger partial charge >= 0.3 is 0 Å². The topological polar surface area (TPSA) is 350 Å². The minimum absolute atomic E-state index is 0.00570. The van der Waals surface area contributed by atoms with Crippen molar-refractivity contribution in [2.45, 2.75) is 86.5 Å². The van der Waals surface area contributed by atoms with Gasteiger partial charge in [0.2, 0.25) is 11.1 Å². The average molecular weight is 1640 g/mol. The van der Waals surface area contributed by atoms with Crippen LogP contribution in [-0.2, 0) is 26.8 Å². The number of halogens is 2. The molecular weight excluding hydrogens is 1560 g/mol. The number of benzene rings is 4. The Labute approximate surface area is 669 Å². The summed E-state index contributed by atoms with van der Waals surface area (Å²) in [4.78, 5) is 122. The zero-order valence-electron chi connectivity index (χ0n) is 59.1. The van der Waals surface area contributed by atoms with Crippen LogP contribution in [-0.4, -0.2) is 146 Å². The minimum Gasteiger partial charge on any atom is -0.399 e. The van der Waals surface area contributed by atoms with Gasteiger partial charge in [-0.05, 0) is 183 Å². The van der Waals surface area contributed by atoms with E-state index in [1.165, 1.54) is 54.6 Å². The summed E-state index contributed by atoms with van der Waals surface area (Å²) >= 11 is 19.9. The maximum atomic E-state index is 13.0. The van der Waals surface area contributed by atoms with E-state index in [2.05, 4.69) is 64.3 Å². The summed E-state index contributed by atoms with van der Waals surface area (Å²) in [5.74, 6) is 2.10. The first kappa shape index (κ1) is 83.6. The molecule has 3 aliphatic heterocycles. The molecule has 6 aromatic heterocycles. The number of nitrogens with zero attached hydrogens (tertiary/aromatic N) is 11. The zero-order valence-corrected chi connectivity index (χ0v) is 65.5. The molecular formula is C76H76Cl2N16O10S6. The maximum absolute atomic E-state index is 13.0. The van der Waals surface area contributed by atoms with Crippen LogP contribution >= 0.6 is 92.5 Å². The Bertz CT molecular complexity index is 4660. The van der Waals surface area contributed by atoms with Gasteiger partial charge in [0, 0.05) is 151 Å². The van der Waals surface area contributed by atoms with Gasteiger partial charge in [-0.15, -0.1) is 35.3 Å². The summed E-state index contributed by atoms with van der Waals surface area (Å²) in [6, 6.07) is 43.2. The molecule has 10 aromatic rings. The molecule has 0 bridgehead atoms. The normalized spacial score (nSPS) is 14.9. The first-order valence-electron chi connectivity index (χ1n) is 34.3. The van der Waals surface area contributed by atoms with E-state index in [0.29, 0.717) is 54.2 Å². The predicted molar refractivity (Wildman–Crippen MR) is 439 cm³/mol. The van der Waals surface area contributed by atoms with Crippen molar-refractivity contribution in [3.05, 3.63) is 274 Å². The number of rotatable bonds is 24. The molecule has 4 aromatic carbocycles. The summed E-state index contributed by atoms with van der Waals surface area (Å²) in [5, 5.41) is 35.6. The number of hydrogen-bond donors (Lipinski definition) is 5. The molecule has 3 saturated heterocycles. The molecule has 0 radical (unpaired) electrons. The molecule has 570 valence electrons. The molecule has 0 spiro atoms. The number of likely N-dealkylation sites (tertiary alicyclic amines) is 3. The number of nitrogen functional groups attached to an aromatic ring is 1. The number of hydrogen-bond acceptors (Lipinski definition) is 26. The van der Waals surface area contributed by atoms with Gasteiger partial charge in [-0.2, -0.15) is 0 Å². The van der Waals surface area contributed by atoms with Gasteiger partial charge < -0.3 is 41.7 Å². The molecule has 26 nitrogen and oxygen atoms in total. The number of nitro benzene ring substituents is 2. The zero-order chi connectivity index (χ0) is 78.2. The fraction of sp³-hybridized carbons (Fsp3) is 0.237. The van der Waals surface area contributed by atoms with Gasteiger partial charge in [0.15, 0.2) is 15.4 Å². The first-order chi connectivity index (χ1) is 53.2. The standard InChI is InChI=1S/C24H25N5O2S2.C21H21N5O3S2.C21H23N5OS2.C7H4ClNO3.C3H3ClO/c1-2-21(30)27-18-10-8-17(9-11-18)23(31)29-13-5-7-19(15-29)28-24-26-14-22(33-24)32-16-20-6-3-4-12-25-20;27-20(15-6-8-18(9-7-15)26(28)29)25-11-3-5-16(13-25)24-21-23-12-19(31-21)30-14-17-4-1-2-10-22-17;22-16-8-6-15(7-9-16)20(27)26-11-3-5-17(13-26)25-21-24-12-19(29-21)28-14-18-4-1-2-10-23-18;8-7(10)5-1-3-6(4-2-5)9(11)12;1-2-3(4)5/h2-4,6,8-12,14,19H,1,5,7,13,15-16H2,(H,26,28)(H,27,30);1-2,4,6-10,12,16H,3,5,11,13-14H2,(H,23,24);1-2,4,6-10,12,17H,3,5,11,13-14,22H2,(H,24,25);1-4H;2H,1H2/t19-;16-;17-;;/m111../s1. The summed E-state index contributed by atoms with van der Waals surface area (Å²) in [6.07, 6.45) is 19.1. The molecule has 4 amide bonds. The fourth-order valence-corrected chi connectivity index (χ4v) is 16.6. The number of aromatic nitrogens is 6. The van der Waals surface area contributed by atoms with Crippen LogP contribution in [0.15, 0.2) is 227 Å². The molecule has 0 unspecified atom stereocenters. The van der Waals surface area contributed by atoms with E-state index in [9.17, 15) is 49.0 Å². The number of allylic oxidation sites excluding steroid dienone is 1. The van der Waals surface area contributed by atoms with Crippen LogP contribution in [0.5, 0.6) is 0 Å². The fourth-order valence-electron chi connectivity index (χ4n) is 10.9. The van der Waals surface area contributed by atoms with E-state index in [-0.39, 0.29) is 58.7 Å². The quantitative estimate of drug-likeness (QED) is 0.00937. The van der Waals surface area contributed by atoms with E-state index < -0.39 is 20.3 Å². The van der Waals surface area contributed by atoms with Crippen LogP contribution in [0, 0.1) is 20.2 Å². The van der Waals surface area contributed by atoms with Crippen LogP contribution in [0.1, 0.15) is 97.0 Å². The number of thioether (sulfide) groups is 3. The van der Waals surface area contributed by atoms with Crippen molar-refractivity contribution < 1.29 is 38.6 Å². The van der Waals surface area contributed by atoms with Crippen LogP contribution in [0.25, 0.3) is 0 Å². The SMILES string of the molecule is C=CC(=O)Cl.C=CC(=O)Nc1ccc(C(=O)N2CCC[C@@H](Nc3ncc(SCc4ccccn4)s3)C2)cc1.Nc1ccc(C(=O)N2CCC[C@@H](Nc3ncc(SCc4ccccn4)s3)C2)cc1.O=C(Cl)c1ccc([N+](=O)[O-])cc1.O=C(c1ccc([N+](=O)[O-])cc1)N1CCC[C@@H](Nc2ncc(SCc3ccccn3)s2)C1. The van der Waals surface area contributed by atoms with Crippen molar-refractivity contribution in [2.75, 3.05) is 66.3 Å². The summed E-state index contributed by atoms with van der Waals surface area (Å²) < 4.78 is 3.40. The van der Waals surface area contributed by atoms with E-state index in [0.717, 1.165) is 120 Å². The molecule has 110 heavy (non-hydrogen) atoms. The second kappa shape index (κ2) is 43.7. The molecule has 9 heterocycles. The van der Waals surface area contributed by atoms with Crippen molar-refractivity contribution in [1.29, 1.82) is 0 Å². The van der Waals surface area contributed by atoms with Gasteiger partial charge in [-0.1, -0.05) is 65.4 Å². The molecule has 0 aliphatic carbocycles. The highest BCUT2D eigenvalue weighted by Gasteiger charge is 2.29. The molecule has 3 fully saturated rings. The molecule has 3 atom stereocenters. The van der Waals surface area contributed by atoms with Crippen molar-refractivity contribution >= 4 is 165 Å². The van der Waals surface area contributed by atoms with Crippen LogP contribution < -0.4 is 27.0 Å². The second-order valence-corrected chi connectivity index (χ2v) is 31.9. The highest BCUT2D eigenvalue weighted by Crippen LogP contribution is 2.35. The smallest absolute Gasteiger partial charge is 0.269 e. The van der Waals surface area contributed by atoms with Gasteiger partial charge in [-0.3, -0.25) is 63.9 Å². The van der Waals surface area contributed by atoms with Crippen molar-refractivity contribution in [3.63, 3.8) is 0 Å². The number of non-ortho nitro benzene ring substituents is 2. The molecule has 34 heteroatoms. The predicted octanol–water partition coefficient (Wildman–Crippen LogP) is 16.2. The first-order valence-corrected chi connectivity index (χ1v) is 40.4. The molecule has 3 aliphatic rings. The molecule has 6 N–H and O–H groups in total. The Morgan fingerprint density at radius 1 is 0.482 bits per heavy atom. The highest BCUT2D eigenvalue weighted by molar-refractivity contribution is 8.01. The summed E-state index contributed by atoms with van der Waals surface area (Å²) in [7, 11) is 0. The van der Waals surface area contributed by atoms with Gasteiger partial charge in [0.1, 0.15) is 0 Å². The lowest BCUT2D eigenvalue weighted by atomic mass is 10.0. The third-order valence-electron chi connectivity index (χ3n) is 16.4. The average Bonchev–Trinajstić information content (AvgIpc) is 1.12. The number of nitrogens with one attached hydrogen (secondary N) is 4. The van der Waals surface area contributed by atoms with Gasteiger partial charge in [0.25, 0.3) is 34.3 Å². The van der Waals surface area contributed by atoms with E-state index in [4.69, 9.17) is 28.9 Å². The number of amides is 4. The van der Waals surface area contributed by atoms with Gasteiger partial charge in [0.05, 0.1) is 58.1 Å². The Kier molecular flexibility index (Phi) is 33.2. The highest BCUT2D eigenvalue weighted by atomic mass is 35.5. The number of nitro groups is 2. The van der Waals surface area contributed by atoms with E-state index in [1.807, 2.05) is 89.2 Å². The lowest BCUT2D eigenvalue weighted by molar-refractivity contribution is -0.385. The third-order valence-corrected chi connectivity index (χ3v) is 23.2. The summed E-state index contributed by atoms with van der Waals surface area (Å²) in [5.41, 5.74) is 12.1. The van der Waals surface area contributed by atoms with E-state index in [1.54, 1.807) is 135 Å².